The van der Waals surface area contributed by atoms with E-state index in [0.29, 0.717) is 17.5 Å². The second-order valence-corrected chi connectivity index (χ2v) is 14.5. The molecule has 0 amide bonds. The molecule has 0 unspecified atom stereocenters. The lowest BCUT2D eigenvalue weighted by atomic mass is 9.91. The lowest BCUT2D eigenvalue weighted by molar-refractivity contribution is 1.08. The van der Waals surface area contributed by atoms with E-state index in [-0.39, 0.29) is 0 Å². The third kappa shape index (κ3) is 4.82. The Morgan fingerprint density at radius 2 is 0.820 bits per heavy atom. The second kappa shape index (κ2) is 11.8. The lowest BCUT2D eigenvalue weighted by Crippen LogP contribution is -2.01. The van der Waals surface area contributed by atoms with E-state index in [1.165, 1.54) is 51.5 Å². The van der Waals surface area contributed by atoms with Crippen LogP contribution in [0.1, 0.15) is 0 Å². The van der Waals surface area contributed by atoms with Crippen LogP contribution in [0.2, 0.25) is 0 Å². The van der Waals surface area contributed by atoms with Crippen LogP contribution >= 0.6 is 22.7 Å². The molecule has 234 valence electrons. The van der Waals surface area contributed by atoms with E-state index in [1.54, 1.807) is 22.7 Å². The van der Waals surface area contributed by atoms with Crippen LogP contribution in [0.4, 0.5) is 0 Å². The molecule has 3 heterocycles. The summed E-state index contributed by atoms with van der Waals surface area (Å²) in [5, 5.41) is 4.92. The highest BCUT2D eigenvalue weighted by atomic mass is 32.1. The van der Waals surface area contributed by atoms with Crippen LogP contribution in [0, 0.1) is 0 Å². The highest BCUT2D eigenvalue weighted by Gasteiger charge is 2.20. The Morgan fingerprint density at radius 3 is 1.62 bits per heavy atom. The first kappa shape index (κ1) is 29.0. The average molecular weight is 674 g/mol. The number of fused-ring (bicyclic) bond motifs is 6. The van der Waals surface area contributed by atoms with Crippen molar-refractivity contribution in [2.24, 2.45) is 0 Å². The third-order valence-electron chi connectivity index (χ3n) is 9.39. The van der Waals surface area contributed by atoms with Gasteiger partial charge in [0, 0.05) is 57.0 Å². The van der Waals surface area contributed by atoms with Crippen molar-refractivity contribution < 1.29 is 0 Å². The predicted octanol–water partition coefficient (Wildman–Crippen LogP) is 12.9. The molecule has 0 aliphatic heterocycles. The molecule has 7 aromatic carbocycles. The molecule has 0 aliphatic rings. The Labute approximate surface area is 296 Å². The quantitative estimate of drug-likeness (QED) is 0.182. The first-order valence-electron chi connectivity index (χ1n) is 16.6. The fourth-order valence-corrected chi connectivity index (χ4v) is 9.35. The summed E-state index contributed by atoms with van der Waals surface area (Å²) < 4.78 is 4.97. The Morgan fingerprint density at radius 1 is 0.300 bits per heavy atom. The van der Waals surface area contributed by atoms with E-state index in [0.717, 1.165) is 27.8 Å². The molecule has 3 aromatic heterocycles. The van der Waals surface area contributed by atoms with Crippen LogP contribution in [0.15, 0.2) is 164 Å². The molecule has 10 aromatic rings. The van der Waals surface area contributed by atoms with Crippen molar-refractivity contribution in [1.82, 2.24) is 15.0 Å². The van der Waals surface area contributed by atoms with Gasteiger partial charge in [-0.15, -0.1) is 22.7 Å². The number of hydrogen-bond acceptors (Lipinski definition) is 5. The molecular formula is C45H27N3S2. The van der Waals surface area contributed by atoms with Crippen molar-refractivity contribution in [1.29, 1.82) is 0 Å². The van der Waals surface area contributed by atoms with Crippen LogP contribution in [0.3, 0.4) is 0 Å². The van der Waals surface area contributed by atoms with E-state index in [9.17, 15) is 0 Å². The van der Waals surface area contributed by atoms with Crippen molar-refractivity contribution in [2.45, 2.75) is 0 Å². The minimum Gasteiger partial charge on any atom is -0.208 e. The summed E-state index contributed by atoms with van der Waals surface area (Å²) in [4.78, 5) is 15.8. The maximum Gasteiger partial charge on any atom is 0.164 e. The highest BCUT2D eigenvalue weighted by Crippen LogP contribution is 2.42. The van der Waals surface area contributed by atoms with E-state index >= 15 is 0 Å². The lowest BCUT2D eigenvalue weighted by Gasteiger charge is -2.15. The highest BCUT2D eigenvalue weighted by molar-refractivity contribution is 7.26. The van der Waals surface area contributed by atoms with Gasteiger partial charge in [0.25, 0.3) is 0 Å². The second-order valence-electron chi connectivity index (χ2n) is 12.3. The fraction of sp³-hybridized carbons (Fsp3) is 0. The van der Waals surface area contributed by atoms with Gasteiger partial charge in [-0.2, -0.15) is 0 Å². The van der Waals surface area contributed by atoms with Gasteiger partial charge in [0.05, 0.1) is 0 Å². The van der Waals surface area contributed by atoms with Crippen molar-refractivity contribution in [3.05, 3.63) is 164 Å². The SMILES string of the molecule is c1ccc(-c2ccccc2-c2ccccc2-c2nc(-c3ccc4c(c3)sc3ccccc34)nc(-c3cccc4sc5ccccc5c34)n2)cc1. The van der Waals surface area contributed by atoms with E-state index in [1.807, 2.05) is 0 Å². The summed E-state index contributed by atoms with van der Waals surface area (Å²) in [6.45, 7) is 0. The van der Waals surface area contributed by atoms with Gasteiger partial charge < -0.3 is 0 Å². The molecule has 0 fully saturated rings. The maximum atomic E-state index is 5.31. The minimum absolute atomic E-state index is 0.649. The number of nitrogens with zero attached hydrogens (tertiary/aromatic N) is 3. The van der Waals surface area contributed by atoms with Crippen LogP contribution < -0.4 is 0 Å². The van der Waals surface area contributed by atoms with E-state index < -0.39 is 0 Å². The summed E-state index contributed by atoms with van der Waals surface area (Å²) >= 11 is 3.61. The normalized spacial score (nSPS) is 11.6. The Hall–Kier alpha value is -6.01. The summed E-state index contributed by atoms with van der Waals surface area (Å²) in [7, 11) is 0. The van der Waals surface area contributed by atoms with E-state index in [4.69, 9.17) is 15.0 Å². The Balaban J connectivity index is 1.23. The largest absolute Gasteiger partial charge is 0.208 e. The smallest absolute Gasteiger partial charge is 0.164 e. The van der Waals surface area contributed by atoms with Crippen LogP contribution in [0.25, 0.3) is 96.8 Å². The van der Waals surface area contributed by atoms with Crippen molar-refractivity contribution in [3.8, 4) is 56.4 Å². The monoisotopic (exact) mass is 673 g/mol. The zero-order chi connectivity index (χ0) is 33.0. The summed E-state index contributed by atoms with van der Waals surface area (Å²) in [5.74, 6) is 1.98. The summed E-state index contributed by atoms with van der Waals surface area (Å²) in [6, 6.07) is 57.9. The van der Waals surface area contributed by atoms with Crippen molar-refractivity contribution in [3.63, 3.8) is 0 Å². The molecular weight excluding hydrogens is 647 g/mol. The summed E-state index contributed by atoms with van der Waals surface area (Å²) in [6.07, 6.45) is 0. The van der Waals surface area contributed by atoms with Gasteiger partial charge >= 0.3 is 0 Å². The van der Waals surface area contributed by atoms with Crippen LogP contribution in [-0.4, -0.2) is 15.0 Å². The van der Waals surface area contributed by atoms with Crippen LogP contribution in [0.5, 0.6) is 0 Å². The van der Waals surface area contributed by atoms with Gasteiger partial charge in [-0.25, -0.2) is 15.0 Å². The van der Waals surface area contributed by atoms with Crippen molar-refractivity contribution >= 4 is 63.0 Å². The molecule has 5 heteroatoms. The Bertz CT molecular complexity index is 2890. The van der Waals surface area contributed by atoms with Gasteiger partial charge in [0.2, 0.25) is 0 Å². The molecule has 0 N–H and O–H groups in total. The first-order chi connectivity index (χ1) is 24.8. The van der Waals surface area contributed by atoms with Gasteiger partial charge in [0.1, 0.15) is 0 Å². The number of benzene rings is 7. The van der Waals surface area contributed by atoms with Gasteiger partial charge in [-0.05, 0) is 46.5 Å². The standard InChI is InChI=1S/C45H27N3S2/c1-2-13-28(14-3-1)30-15-4-5-16-31(30)32-17-6-7-19-35(32)44-46-43(29-25-26-34-33-18-8-10-22-38(33)50-41(34)27-29)47-45(48-44)37-21-12-24-40-42(37)36-20-9-11-23-39(36)49-40/h1-27H. The number of thiophene rings is 2. The molecule has 0 aliphatic carbocycles. The minimum atomic E-state index is 0.649. The molecule has 0 saturated heterocycles. The zero-order valence-electron chi connectivity index (χ0n) is 26.7. The Kier molecular flexibility index (Phi) is 6.86. The molecule has 0 radical (unpaired) electrons. The molecule has 50 heavy (non-hydrogen) atoms. The fourth-order valence-electron chi connectivity index (χ4n) is 7.07. The molecule has 10 rings (SSSR count). The summed E-state index contributed by atoms with van der Waals surface area (Å²) in [5.41, 5.74) is 7.49. The molecule has 0 bridgehead atoms. The van der Waals surface area contributed by atoms with Gasteiger partial charge in [-0.1, -0.05) is 140 Å². The molecule has 0 spiro atoms. The third-order valence-corrected chi connectivity index (χ3v) is 11.7. The molecule has 3 nitrogen and oxygen atoms in total. The number of hydrogen-bond donors (Lipinski definition) is 0. The zero-order valence-corrected chi connectivity index (χ0v) is 28.4. The topological polar surface area (TPSA) is 38.7 Å². The van der Waals surface area contributed by atoms with Crippen LogP contribution in [-0.2, 0) is 0 Å². The first-order valence-corrected chi connectivity index (χ1v) is 18.2. The average Bonchev–Trinajstić information content (AvgIpc) is 3.76. The van der Waals surface area contributed by atoms with E-state index in [2.05, 4.69) is 164 Å². The molecule has 0 saturated carbocycles. The number of aromatic nitrogens is 3. The van der Waals surface area contributed by atoms with Gasteiger partial charge in [0.15, 0.2) is 17.5 Å². The van der Waals surface area contributed by atoms with Gasteiger partial charge in [-0.3, -0.25) is 0 Å². The predicted molar refractivity (Wildman–Crippen MR) is 213 cm³/mol. The molecule has 0 atom stereocenters. The number of rotatable bonds is 5. The maximum absolute atomic E-state index is 5.31. The van der Waals surface area contributed by atoms with Crippen molar-refractivity contribution in [2.75, 3.05) is 0 Å².